The average Bonchev–Trinajstić information content (AvgIpc) is 2.42. The topological polar surface area (TPSA) is 47.6 Å². The lowest BCUT2D eigenvalue weighted by Crippen LogP contribution is -2.24. The van der Waals surface area contributed by atoms with Gasteiger partial charge in [0.2, 0.25) is 5.91 Å². The van der Waals surface area contributed by atoms with Crippen LogP contribution in [-0.4, -0.2) is 18.8 Å². The molecule has 1 atom stereocenters. The molecule has 0 radical (unpaired) electrons. The number of rotatable bonds is 4. The van der Waals surface area contributed by atoms with Crippen LogP contribution in [0.3, 0.4) is 0 Å². The first-order valence-electron chi connectivity index (χ1n) is 6.09. The lowest BCUT2D eigenvalue weighted by atomic mass is 10.2. The van der Waals surface area contributed by atoms with Crippen LogP contribution < -0.4 is 10.1 Å². The summed E-state index contributed by atoms with van der Waals surface area (Å²) >= 11 is 0. The van der Waals surface area contributed by atoms with Crippen molar-refractivity contribution in [1.29, 1.82) is 0 Å². The standard InChI is InChI=1S/C14H17NO3/c1-2-13(16)15-11-6-8-12(9-7-11)18-14-5-3-4-10-17-14/h2,6-9,14H,1,3-5,10H2,(H,15,16). The highest BCUT2D eigenvalue weighted by Gasteiger charge is 2.14. The molecule has 0 spiro atoms. The molecular weight excluding hydrogens is 230 g/mol. The third kappa shape index (κ3) is 3.60. The van der Waals surface area contributed by atoms with Crippen molar-refractivity contribution in [2.75, 3.05) is 11.9 Å². The number of nitrogens with one attached hydrogen (secondary N) is 1. The van der Waals surface area contributed by atoms with Gasteiger partial charge in [-0.1, -0.05) is 6.58 Å². The van der Waals surface area contributed by atoms with Crippen molar-refractivity contribution in [1.82, 2.24) is 0 Å². The maximum absolute atomic E-state index is 11.1. The summed E-state index contributed by atoms with van der Waals surface area (Å²) < 4.78 is 11.2. The summed E-state index contributed by atoms with van der Waals surface area (Å²) in [6.07, 6.45) is 4.26. The summed E-state index contributed by atoms with van der Waals surface area (Å²) in [5.41, 5.74) is 0.719. The Morgan fingerprint density at radius 3 is 2.78 bits per heavy atom. The Kier molecular flexibility index (Phi) is 4.36. The number of hydrogen-bond acceptors (Lipinski definition) is 3. The first-order chi connectivity index (χ1) is 8.78. The Bertz CT molecular complexity index is 408. The van der Waals surface area contributed by atoms with Gasteiger partial charge >= 0.3 is 0 Å². The largest absolute Gasteiger partial charge is 0.465 e. The molecule has 96 valence electrons. The molecule has 4 heteroatoms. The molecule has 0 aliphatic carbocycles. The van der Waals surface area contributed by atoms with E-state index in [9.17, 15) is 4.79 Å². The molecule has 1 aromatic carbocycles. The van der Waals surface area contributed by atoms with Gasteiger partial charge in [0.25, 0.3) is 0 Å². The van der Waals surface area contributed by atoms with Gasteiger partial charge in [0.1, 0.15) is 5.75 Å². The summed E-state index contributed by atoms with van der Waals surface area (Å²) in [5.74, 6) is 0.526. The van der Waals surface area contributed by atoms with Crippen LogP contribution in [0.5, 0.6) is 5.75 Å². The number of carbonyl (C=O) groups excluding carboxylic acids is 1. The summed E-state index contributed by atoms with van der Waals surface area (Å²) in [6.45, 7) is 4.16. The van der Waals surface area contributed by atoms with E-state index in [1.165, 1.54) is 6.08 Å². The zero-order valence-electron chi connectivity index (χ0n) is 10.2. The molecule has 0 saturated carbocycles. The van der Waals surface area contributed by atoms with E-state index in [-0.39, 0.29) is 12.2 Å². The van der Waals surface area contributed by atoms with Crippen molar-refractivity contribution in [3.05, 3.63) is 36.9 Å². The Balaban J connectivity index is 1.90. The first-order valence-corrected chi connectivity index (χ1v) is 6.09. The van der Waals surface area contributed by atoms with E-state index in [0.717, 1.165) is 37.3 Å². The highest BCUT2D eigenvalue weighted by Crippen LogP contribution is 2.21. The van der Waals surface area contributed by atoms with E-state index >= 15 is 0 Å². The molecule has 1 saturated heterocycles. The average molecular weight is 247 g/mol. The minimum atomic E-state index is -0.223. The molecule has 1 aliphatic rings. The molecule has 1 aromatic rings. The quantitative estimate of drug-likeness (QED) is 0.832. The fraction of sp³-hybridized carbons (Fsp3) is 0.357. The van der Waals surface area contributed by atoms with Gasteiger partial charge in [-0.05, 0) is 43.2 Å². The number of amides is 1. The van der Waals surface area contributed by atoms with E-state index < -0.39 is 0 Å². The van der Waals surface area contributed by atoms with Crippen molar-refractivity contribution in [2.45, 2.75) is 25.6 Å². The molecule has 1 amide bonds. The number of benzene rings is 1. The van der Waals surface area contributed by atoms with Crippen molar-refractivity contribution in [3.63, 3.8) is 0 Å². The highest BCUT2D eigenvalue weighted by atomic mass is 16.7. The van der Waals surface area contributed by atoms with Crippen molar-refractivity contribution < 1.29 is 14.3 Å². The van der Waals surface area contributed by atoms with Crippen LogP contribution in [-0.2, 0) is 9.53 Å². The fourth-order valence-corrected chi connectivity index (χ4v) is 1.77. The maximum atomic E-state index is 11.1. The summed E-state index contributed by atoms with van der Waals surface area (Å²) in [4.78, 5) is 11.1. The molecule has 1 heterocycles. The van der Waals surface area contributed by atoms with E-state index in [1.807, 2.05) is 12.1 Å². The minimum Gasteiger partial charge on any atom is -0.465 e. The van der Waals surface area contributed by atoms with E-state index in [4.69, 9.17) is 9.47 Å². The lowest BCUT2D eigenvalue weighted by Gasteiger charge is -2.23. The maximum Gasteiger partial charge on any atom is 0.247 e. The molecule has 2 rings (SSSR count). The third-order valence-electron chi connectivity index (χ3n) is 2.71. The minimum absolute atomic E-state index is 0.146. The van der Waals surface area contributed by atoms with Crippen LogP contribution in [0.2, 0.25) is 0 Å². The molecule has 1 fully saturated rings. The molecule has 1 unspecified atom stereocenters. The number of hydrogen-bond donors (Lipinski definition) is 1. The Morgan fingerprint density at radius 1 is 1.39 bits per heavy atom. The molecule has 1 aliphatic heterocycles. The van der Waals surface area contributed by atoms with E-state index in [0.29, 0.717) is 0 Å². The normalized spacial score (nSPS) is 19.0. The van der Waals surface area contributed by atoms with Crippen molar-refractivity contribution >= 4 is 11.6 Å². The summed E-state index contributed by atoms with van der Waals surface area (Å²) in [7, 11) is 0. The molecular formula is C14H17NO3. The zero-order chi connectivity index (χ0) is 12.8. The third-order valence-corrected chi connectivity index (χ3v) is 2.71. The van der Waals surface area contributed by atoms with Gasteiger partial charge in [-0.15, -0.1) is 0 Å². The number of carbonyl (C=O) groups is 1. The molecule has 0 aromatic heterocycles. The second-order valence-electron chi connectivity index (χ2n) is 4.13. The summed E-state index contributed by atoms with van der Waals surface area (Å²) in [6, 6.07) is 7.21. The SMILES string of the molecule is C=CC(=O)Nc1ccc(OC2CCCCO2)cc1. The van der Waals surface area contributed by atoms with Crippen LogP contribution in [0.1, 0.15) is 19.3 Å². The highest BCUT2D eigenvalue weighted by molar-refractivity contribution is 5.98. The first kappa shape index (κ1) is 12.6. The second kappa shape index (κ2) is 6.21. The smallest absolute Gasteiger partial charge is 0.247 e. The van der Waals surface area contributed by atoms with Crippen LogP contribution >= 0.6 is 0 Å². The molecule has 1 N–H and O–H groups in total. The van der Waals surface area contributed by atoms with Gasteiger partial charge in [-0.3, -0.25) is 4.79 Å². The van der Waals surface area contributed by atoms with Gasteiger partial charge in [-0.25, -0.2) is 0 Å². The number of anilines is 1. The molecule has 18 heavy (non-hydrogen) atoms. The van der Waals surface area contributed by atoms with Gasteiger partial charge in [0.05, 0.1) is 6.61 Å². The van der Waals surface area contributed by atoms with Gasteiger partial charge in [-0.2, -0.15) is 0 Å². The Morgan fingerprint density at radius 2 is 2.17 bits per heavy atom. The fourth-order valence-electron chi connectivity index (χ4n) is 1.77. The van der Waals surface area contributed by atoms with Gasteiger partial charge in [0.15, 0.2) is 6.29 Å². The van der Waals surface area contributed by atoms with Crippen molar-refractivity contribution in [2.24, 2.45) is 0 Å². The van der Waals surface area contributed by atoms with E-state index in [2.05, 4.69) is 11.9 Å². The number of ether oxygens (including phenoxy) is 2. The zero-order valence-corrected chi connectivity index (χ0v) is 10.2. The van der Waals surface area contributed by atoms with Crippen LogP contribution in [0.4, 0.5) is 5.69 Å². The Hall–Kier alpha value is -1.81. The van der Waals surface area contributed by atoms with Crippen LogP contribution in [0.15, 0.2) is 36.9 Å². The predicted molar refractivity (Wildman–Crippen MR) is 69.5 cm³/mol. The summed E-state index contributed by atoms with van der Waals surface area (Å²) in [5, 5.41) is 2.68. The van der Waals surface area contributed by atoms with Crippen molar-refractivity contribution in [3.8, 4) is 5.75 Å². The predicted octanol–water partition coefficient (Wildman–Crippen LogP) is 2.72. The van der Waals surface area contributed by atoms with Crippen LogP contribution in [0, 0.1) is 0 Å². The monoisotopic (exact) mass is 247 g/mol. The molecule has 4 nitrogen and oxygen atoms in total. The Labute approximate surface area is 107 Å². The van der Waals surface area contributed by atoms with E-state index in [1.54, 1.807) is 12.1 Å². The second-order valence-corrected chi connectivity index (χ2v) is 4.13. The van der Waals surface area contributed by atoms with Gasteiger partial charge in [0, 0.05) is 12.1 Å². The lowest BCUT2D eigenvalue weighted by molar-refractivity contribution is -0.111. The van der Waals surface area contributed by atoms with Crippen LogP contribution in [0.25, 0.3) is 0 Å². The molecule has 0 bridgehead atoms. The van der Waals surface area contributed by atoms with Gasteiger partial charge < -0.3 is 14.8 Å².